The predicted octanol–water partition coefficient (Wildman–Crippen LogP) is 3.98. The second kappa shape index (κ2) is 6.74. The van der Waals surface area contributed by atoms with E-state index in [2.05, 4.69) is 4.74 Å². The number of thioether (sulfide) groups is 1. The van der Waals surface area contributed by atoms with Crippen LogP contribution in [0.2, 0.25) is 0 Å². The normalized spacial score (nSPS) is 11.2. The van der Waals surface area contributed by atoms with E-state index in [1.807, 2.05) is 0 Å². The molecule has 0 saturated carbocycles. The van der Waals surface area contributed by atoms with Crippen LogP contribution in [0.5, 0.6) is 5.75 Å². The van der Waals surface area contributed by atoms with E-state index in [4.69, 9.17) is 5.73 Å². The quantitative estimate of drug-likeness (QED) is 0.845. The molecule has 0 atom stereocenters. The molecular formula is C15H12F3NO2S. The summed E-state index contributed by atoms with van der Waals surface area (Å²) in [5.41, 5.74) is 6.56. The average Bonchev–Trinajstić information content (AvgIpc) is 2.45. The third kappa shape index (κ3) is 5.00. The Kier molecular flexibility index (Phi) is 4.97. The number of ether oxygens (including phenoxy) is 1. The number of halogens is 3. The summed E-state index contributed by atoms with van der Waals surface area (Å²) < 4.78 is 39.9. The molecule has 0 heterocycles. The number of alkyl halides is 3. The van der Waals surface area contributed by atoms with E-state index in [0.29, 0.717) is 11.3 Å². The molecule has 1 amide bonds. The number of hydrogen-bond acceptors (Lipinski definition) is 3. The Morgan fingerprint density at radius 3 is 2.14 bits per heavy atom. The molecule has 0 bridgehead atoms. The van der Waals surface area contributed by atoms with Crippen LogP contribution in [0, 0.1) is 0 Å². The standard InChI is InChI=1S/C15H12F3NO2S/c16-15(17,18)21-12-5-7-13(8-6-12)22-9-10-1-3-11(4-2-10)14(19)20/h1-8H,9H2,(H2,19,20). The van der Waals surface area contributed by atoms with Crippen molar-refractivity contribution < 1.29 is 22.7 Å². The molecule has 22 heavy (non-hydrogen) atoms. The van der Waals surface area contributed by atoms with Crippen molar-refractivity contribution >= 4 is 17.7 Å². The maximum atomic E-state index is 12.0. The van der Waals surface area contributed by atoms with E-state index in [0.717, 1.165) is 10.5 Å². The van der Waals surface area contributed by atoms with Gasteiger partial charge in [0.15, 0.2) is 0 Å². The third-order valence-corrected chi connectivity index (χ3v) is 3.78. The van der Waals surface area contributed by atoms with Gasteiger partial charge in [-0.2, -0.15) is 0 Å². The molecule has 0 fully saturated rings. The molecule has 2 rings (SSSR count). The Balaban J connectivity index is 1.92. The summed E-state index contributed by atoms with van der Waals surface area (Å²) in [6.07, 6.45) is -4.68. The zero-order valence-electron chi connectivity index (χ0n) is 11.3. The average molecular weight is 327 g/mol. The molecule has 2 aromatic rings. The van der Waals surface area contributed by atoms with E-state index in [1.165, 1.54) is 23.9 Å². The maximum Gasteiger partial charge on any atom is 0.573 e. The van der Waals surface area contributed by atoms with Gasteiger partial charge >= 0.3 is 6.36 Å². The van der Waals surface area contributed by atoms with Gasteiger partial charge in [-0.15, -0.1) is 24.9 Å². The monoisotopic (exact) mass is 327 g/mol. The van der Waals surface area contributed by atoms with Crippen LogP contribution >= 0.6 is 11.8 Å². The minimum absolute atomic E-state index is 0.248. The smallest absolute Gasteiger partial charge is 0.406 e. The number of carbonyl (C=O) groups is 1. The molecule has 3 nitrogen and oxygen atoms in total. The first kappa shape index (κ1) is 16.2. The van der Waals surface area contributed by atoms with Gasteiger partial charge in [-0.25, -0.2) is 0 Å². The minimum atomic E-state index is -4.68. The fourth-order valence-corrected chi connectivity index (χ4v) is 2.52. The van der Waals surface area contributed by atoms with Crippen LogP contribution in [0.25, 0.3) is 0 Å². The van der Waals surface area contributed by atoms with Gasteiger partial charge in [-0.05, 0) is 42.0 Å². The Morgan fingerprint density at radius 2 is 1.64 bits per heavy atom. The van der Waals surface area contributed by atoms with Gasteiger partial charge in [0.25, 0.3) is 0 Å². The molecule has 0 spiro atoms. The summed E-state index contributed by atoms with van der Waals surface area (Å²) in [5.74, 6) is -0.111. The van der Waals surface area contributed by atoms with Crippen LogP contribution in [0.1, 0.15) is 15.9 Å². The van der Waals surface area contributed by atoms with Crippen LogP contribution in [0.15, 0.2) is 53.4 Å². The Morgan fingerprint density at radius 1 is 1.05 bits per heavy atom. The van der Waals surface area contributed by atoms with Gasteiger partial charge in [0.2, 0.25) is 5.91 Å². The largest absolute Gasteiger partial charge is 0.573 e. The predicted molar refractivity (Wildman–Crippen MR) is 77.6 cm³/mol. The van der Waals surface area contributed by atoms with Crippen molar-refractivity contribution in [2.24, 2.45) is 5.73 Å². The molecule has 0 aliphatic heterocycles. The van der Waals surface area contributed by atoms with E-state index in [-0.39, 0.29) is 5.75 Å². The van der Waals surface area contributed by atoms with Crippen molar-refractivity contribution in [3.05, 3.63) is 59.7 Å². The zero-order chi connectivity index (χ0) is 16.2. The lowest BCUT2D eigenvalue weighted by molar-refractivity contribution is -0.274. The highest BCUT2D eigenvalue weighted by molar-refractivity contribution is 7.98. The summed E-state index contributed by atoms with van der Waals surface area (Å²) in [4.78, 5) is 11.8. The van der Waals surface area contributed by atoms with Gasteiger partial charge in [-0.3, -0.25) is 4.79 Å². The highest BCUT2D eigenvalue weighted by atomic mass is 32.2. The van der Waals surface area contributed by atoms with Gasteiger partial charge < -0.3 is 10.5 Å². The van der Waals surface area contributed by atoms with Gasteiger partial charge in [0.1, 0.15) is 5.75 Å². The number of benzene rings is 2. The molecule has 0 unspecified atom stereocenters. The summed E-state index contributed by atoms with van der Waals surface area (Å²) in [6, 6.07) is 12.5. The van der Waals surface area contributed by atoms with Crippen molar-refractivity contribution in [2.45, 2.75) is 17.0 Å². The molecule has 0 aliphatic rings. The zero-order valence-corrected chi connectivity index (χ0v) is 12.1. The van der Waals surface area contributed by atoms with Crippen LogP contribution in [-0.2, 0) is 5.75 Å². The van der Waals surface area contributed by atoms with Crippen LogP contribution < -0.4 is 10.5 Å². The van der Waals surface area contributed by atoms with Crippen molar-refractivity contribution in [3.63, 3.8) is 0 Å². The number of primary amides is 1. The summed E-state index contributed by atoms with van der Waals surface area (Å²) in [6.45, 7) is 0. The maximum absolute atomic E-state index is 12.0. The summed E-state index contributed by atoms with van der Waals surface area (Å²) >= 11 is 1.46. The number of amides is 1. The van der Waals surface area contributed by atoms with Gasteiger partial charge in [-0.1, -0.05) is 12.1 Å². The van der Waals surface area contributed by atoms with Gasteiger partial charge in [0.05, 0.1) is 0 Å². The number of nitrogens with two attached hydrogens (primary N) is 1. The van der Waals surface area contributed by atoms with Crippen molar-refractivity contribution in [1.82, 2.24) is 0 Å². The third-order valence-electron chi connectivity index (χ3n) is 2.70. The van der Waals surface area contributed by atoms with E-state index >= 15 is 0 Å². The molecular weight excluding hydrogens is 315 g/mol. The van der Waals surface area contributed by atoms with Crippen molar-refractivity contribution in [2.75, 3.05) is 0 Å². The molecule has 7 heteroatoms. The van der Waals surface area contributed by atoms with Crippen molar-refractivity contribution in [3.8, 4) is 5.75 Å². The molecule has 2 aromatic carbocycles. The fraction of sp³-hybridized carbons (Fsp3) is 0.133. The lowest BCUT2D eigenvalue weighted by Crippen LogP contribution is -2.16. The van der Waals surface area contributed by atoms with E-state index in [9.17, 15) is 18.0 Å². The first-order valence-electron chi connectivity index (χ1n) is 6.21. The Hall–Kier alpha value is -2.15. The number of hydrogen-bond donors (Lipinski definition) is 1. The van der Waals surface area contributed by atoms with Crippen LogP contribution in [0.3, 0.4) is 0 Å². The fourth-order valence-electron chi connectivity index (χ4n) is 1.67. The molecule has 0 aromatic heterocycles. The van der Waals surface area contributed by atoms with Crippen molar-refractivity contribution in [1.29, 1.82) is 0 Å². The Labute approximate surface area is 129 Å². The highest BCUT2D eigenvalue weighted by Crippen LogP contribution is 2.27. The lowest BCUT2D eigenvalue weighted by Gasteiger charge is -2.09. The van der Waals surface area contributed by atoms with Crippen LogP contribution in [-0.4, -0.2) is 12.3 Å². The first-order valence-corrected chi connectivity index (χ1v) is 7.19. The van der Waals surface area contributed by atoms with Gasteiger partial charge in [0, 0.05) is 16.2 Å². The number of rotatable bonds is 5. The first-order chi connectivity index (χ1) is 10.3. The molecule has 2 N–H and O–H groups in total. The second-order valence-corrected chi connectivity index (χ2v) is 5.42. The van der Waals surface area contributed by atoms with Crippen LogP contribution in [0.4, 0.5) is 13.2 Å². The lowest BCUT2D eigenvalue weighted by atomic mass is 10.1. The highest BCUT2D eigenvalue weighted by Gasteiger charge is 2.30. The second-order valence-electron chi connectivity index (χ2n) is 4.37. The van der Waals surface area contributed by atoms with E-state index < -0.39 is 12.3 Å². The number of carbonyl (C=O) groups excluding carboxylic acids is 1. The molecule has 116 valence electrons. The Bertz CT molecular complexity index is 639. The minimum Gasteiger partial charge on any atom is -0.406 e. The summed E-state index contributed by atoms with van der Waals surface area (Å²) in [5, 5.41) is 0. The molecule has 0 saturated heterocycles. The molecule has 0 aliphatic carbocycles. The summed E-state index contributed by atoms with van der Waals surface area (Å²) in [7, 11) is 0. The van der Waals surface area contributed by atoms with E-state index in [1.54, 1.807) is 36.4 Å². The molecule has 0 radical (unpaired) electrons. The topological polar surface area (TPSA) is 52.3 Å². The SMILES string of the molecule is NC(=O)c1ccc(CSc2ccc(OC(F)(F)F)cc2)cc1.